The van der Waals surface area contributed by atoms with Gasteiger partial charge in [0, 0.05) is 18.0 Å². The highest BCUT2D eigenvalue weighted by Gasteiger charge is 2.16. The van der Waals surface area contributed by atoms with E-state index in [4.69, 9.17) is 9.15 Å². The minimum absolute atomic E-state index is 0.107. The van der Waals surface area contributed by atoms with Gasteiger partial charge in [-0.3, -0.25) is 9.78 Å². The van der Waals surface area contributed by atoms with Crippen LogP contribution in [0, 0.1) is 0 Å². The Labute approximate surface area is 118 Å². The number of aromatic nitrogens is 3. The summed E-state index contributed by atoms with van der Waals surface area (Å²) in [5.41, 5.74) is 0.382. The number of rotatable bonds is 5. The molecule has 0 radical (unpaired) electrons. The summed E-state index contributed by atoms with van der Waals surface area (Å²) < 4.78 is 9.89. The third kappa shape index (κ3) is 3.41. The Morgan fingerprint density at radius 1 is 1.35 bits per heavy atom. The number of ketones is 1. The van der Waals surface area contributed by atoms with Crippen LogP contribution in [-0.2, 0) is 4.74 Å². The van der Waals surface area contributed by atoms with Crippen LogP contribution in [0.25, 0.3) is 0 Å². The van der Waals surface area contributed by atoms with Crippen LogP contribution in [0.2, 0.25) is 0 Å². The molecule has 0 N–H and O–H groups in total. The van der Waals surface area contributed by atoms with Gasteiger partial charge in [-0.2, -0.15) is 0 Å². The number of pyridine rings is 1. The molecule has 20 heavy (non-hydrogen) atoms. The van der Waals surface area contributed by atoms with Crippen molar-refractivity contribution in [2.45, 2.75) is 24.0 Å². The van der Waals surface area contributed by atoms with Crippen molar-refractivity contribution in [1.29, 1.82) is 0 Å². The predicted octanol–water partition coefficient (Wildman–Crippen LogP) is 2.00. The normalized spacial score (nSPS) is 10.3. The summed E-state index contributed by atoms with van der Waals surface area (Å²) in [5, 5.41) is 7.51. The number of carbonyl (C=O) groups excluding carboxylic acids is 2. The van der Waals surface area contributed by atoms with E-state index in [0.717, 1.165) is 11.8 Å². The topological polar surface area (TPSA) is 95.2 Å². The monoisotopic (exact) mass is 293 g/mol. The van der Waals surface area contributed by atoms with Gasteiger partial charge in [0.2, 0.25) is 0 Å². The quantitative estimate of drug-likeness (QED) is 0.610. The van der Waals surface area contributed by atoms with Crippen molar-refractivity contribution in [3.05, 3.63) is 29.9 Å². The molecule has 2 aromatic heterocycles. The molecule has 0 fully saturated rings. The van der Waals surface area contributed by atoms with E-state index < -0.39 is 5.97 Å². The smallest absolute Gasteiger partial charge is 0.396 e. The molecule has 0 bridgehead atoms. The average molecular weight is 293 g/mol. The number of hydrogen-bond donors (Lipinski definition) is 0. The SMILES string of the molecule is CCOC(=O)c1nnc(Sc2ccc(C(C)=O)nc2)o1. The van der Waals surface area contributed by atoms with Gasteiger partial charge in [0.05, 0.1) is 6.61 Å². The van der Waals surface area contributed by atoms with Crippen LogP contribution in [0.3, 0.4) is 0 Å². The molecule has 0 spiro atoms. The van der Waals surface area contributed by atoms with Gasteiger partial charge in [0.1, 0.15) is 5.69 Å². The van der Waals surface area contributed by atoms with Gasteiger partial charge < -0.3 is 9.15 Å². The number of carbonyl (C=O) groups is 2. The molecule has 0 unspecified atom stereocenters. The van der Waals surface area contributed by atoms with E-state index >= 15 is 0 Å². The molecule has 104 valence electrons. The summed E-state index contributed by atoms with van der Waals surface area (Å²) in [6.45, 7) is 3.37. The molecule has 8 heteroatoms. The lowest BCUT2D eigenvalue weighted by molar-refractivity contribution is 0.0475. The zero-order chi connectivity index (χ0) is 14.5. The summed E-state index contributed by atoms with van der Waals surface area (Å²) in [5.74, 6) is -0.955. The van der Waals surface area contributed by atoms with Gasteiger partial charge >= 0.3 is 11.9 Å². The van der Waals surface area contributed by atoms with Crippen molar-refractivity contribution >= 4 is 23.5 Å². The van der Waals surface area contributed by atoms with Gasteiger partial charge in [-0.25, -0.2) is 4.79 Å². The van der Waals surface area contributed by atoms with Crippen LogP contribution >= 0.6 is 11.8 Å². The van der Waals surface area contributed by atoms with E-state index in [1.54, 1.807) is 19.1 Å². The van der Waals surface area contributed by atoms with Crippen molar-refractivity contribution in [2.24, 2.45) is 0 Å². The van der Waals surface area contributed by atoms with Gasteiger partial charge in [-0.1, -0.05) is 5.10 Å². The molecule has 2 rings (SSSR count). The van der Waals surface area contributed by atoms with Crippen LogP contribution in [0.5, 0.6) is 0 Å². The Kier molecular flexibility index (Phi) is 4.46. The molecule has 0 amide bonds. The fraction of sp³-hybridized carbons (Fsp3) is 0.250. The van der Waals surface area contributed by atoms with E-state index in [2.05, 4.69) is 15.2 Å². The van der Waals surface area contributed by atoms with Crippen LogP contribution in [0.15, 0.2) is 32.9 Å². The second-order valence-electron chi connectivity index (χ2n) is 3.63. The molecule has 0 aliphatic heterocycles. The highest BCUT2D eigenvalue weighted by Crippen LogP contribution is 2.25. The fourth-order valence-electron chi connectivity index (χ4n) is 1.28. The predicted molar refractivity (Wildman–Crippen MR) is 68.6 cm³/mol. The summed E-state index contributed by atoms with van der Waals surface area (Å²) in [6, 6.07) is 3.32. The number of Topliss-reactive ketones (excluding diaryl/α,β-unsaturated/α-hetero) is 1. The highest BCUT2D eigenvalue weighted by molar-refractivity contribution is 7.99. The molecule has 2 heterocycles. The summed E-state index contributed by atoms with van der Waals surface area (Å²) in [4.78, 5) is 27.2. The van der Waals surface area contributed by atoms with Gasteiger partial charge in [0.25, 0.3) is 5.22 Å². The molecular weight excluding hydrogens is 282 g/mol. The molecular formula is C12H11N3O4S. The first-order valence-corrected chi connectivity index (χ1v) is 6.57. The first-order valence-electron chi connectivity index (χ1n) is 5.75. The Morgan fingerprint density at radius 3 is 2.75 bits per heavy atom. The molecule has 0 aromatic carbocycles. The second kappa shape index (κ2) is 6.29. The standard InChI is InChI=1S/C12H11N3O4S/c1-3-18-11(17)10-14-15-12(19-10)20-8-4-5-9(7(2)16)13-6-8/h4-6H,3H2,1-2H3. The first-order chi connectivity index (χ1) is 9.60. The number of esters is 1. The maximum Gasteiger partial charge on any atom is 0.396 e. The molecule has 0 atom stereocenters. The van der Waals surface area contributed by atoms with Crippen molar-refractivity contribution in [2.75, 3.05) is 6.61 Å². The molecule has 7 nitrogen and oxygen atoms in total. The molecule has 0 saturated carbocycles. The zero-order valence-electron chi connectivity index (χ0n) is 10.8. The molecule has 0 aliphatic rings. The molecule has 0 saturated heterocycles. The zero-order valence-corrected chi connectivity index (χ0v) is 11.6. The third-order valence-corrected chi connectivity index (χ3v) is 2.98. The van der Waals surface area contributed by atoms with E-state index in [1.165, 1.54) is 13.1 Å². The van der Waals surface area contributed by atoms with Crippen molar-refractivity contribution in [3.63, 3.8) is 0 Å². The van der Waals surface area contributed by atoms with E-state index in [1.807, 2.05) is 0 Å². The van der Waals surface area contributed by atoms with E-state index in [-0.39, 0.29) is 23.5 Å². The third-order valence-electron chi connectivity index (χ3n) is 2.16. The van der Waals surface area contributed by atoms with Gasteiger partial charge in [-0.15, -0.1) is 5.10 Å². The van der Waals surface area contributed by atoms with Crippen LogP contribution < -0.4 is 0 Å². The Balaban J connectivity index is 2.06. The number of nitrogens with zero attached hydrogens (tertiary/aromatic N) is 3. The van der Waals surface area contributed by atoms with Crippen LogP contribution in [0.4, 0.5) is 0 Å². The summed E-state index contributed by atoms with van der Waals surface area (Å²) >= 11 is 1.14. The fourth-order valence-corrected chi connectivity index (χ4v) is 1.92. The number of ether oxygens (including phenoxy) is 1. The lowest BCUT2D eigenvalue weighted by Crippen LogP contribution is -2.04. The summed E-state index contributed by atoms with van der Waals surface area (Å²) in [6.07, 6.45) is 1.52. The van der Waals surface area contributed by atoms with E-state index in [0.29, 0.717) is 10.6 Å². The Bertz CT molecular complexity index is 624. The maximum absolute atomic E-state index is 11.4. The van der Waals surface area contributed by atoms with Crippen LogP contribution in [0.1, 0.15) is 35.0 Å². The van der Waals surface area contributed by atoms with Gasteiger partial charge in [0.15, 0.2) is 5.78 Å². The van der Waals surface area contributed by atoms with Crippen LogP contribution in [-0.4, -0.2) is 33.5 Å². The highest BCUT2D eigenvalue weighted by atomic mass is 32.2. The minimum atomic E-state index is -0.656. The number of hydrogen-bond acceptors (Lipinski definition) is 8. The average Bonchev–Trinajstić information content (AvgIpc) is 2.88. The summed E-state index contributed by atoms with van der Waals surface area (Å²) in [7, 11) is 0. The first kappa shape index (κ1) is 14.2. The molecule has 0 aliphatic carbocycles. The second-order valence-corrected chi connectivity index (χ2v) is 4.66. The molecule has 2 aromatic rings. The van der Waals surface area contributed by atoms with Crippen molar-refractivity contribution < 1.29 is 18.7 Å². The van der Waals surface area contributed by atoms with Crippen molar-refractivity contribution in [1.82, 2.24) is 15.2 Å². The van der Waals surface area contributed by atoms with Gasteiger partial charge in [-0.05, 0) is 30.8 Å². The lowest BCUT2D eigenvalue weighted by Gasteiger charge is -1.97. The largest absolute Gasteiger partial charge is 0.459 e. The van der Waals surface area contributed by atoms with Crippen molar-refractivity contribution in [3.8, 4) is 0 Å². The Morgan fingerprint density at radius 2 is 2.15 bits per heavy atom. The maximum atomic E-state index is 11.4. The Hall–Kier alpha value is -2.22. The minimum Gasteiger partial charge on any atom is -0.459 e. The van der Waals surface area contributed by atoms with E-state index in [9.17, 15) is 9.59 Å². The lowest BCUT2D eigenvalue weighted by atomic mass is 10.3.